The highest BCUT2D eigenvalue weighted by Crippen LogP contribution is 1.83. The van der Waals surface area contributed by atoms with Crippen molar-refractivity contribution in [1.82, 2.24) is 0 Å². The lowest BCUT2D eigenvalue weighted by molar-refractivity contribution is 0.339. The van der Waals surface area contributed by atoms with Crippen molar-refractivity contribution >= 4 is 17.3 Å². The predicted molar refractivity (Wildman–Crippen MR) is 39.0 cm³/mol. The van der Waals surface area contributed by atoms with Crippen molar-refractivity contribution in [2.75, 3.05) is 6.61 Å². The molecule has 0 rings (SSSR count). The Hall–Kier alpha value is -0.370. The Morgan fingerprint density at radius 1 is 1.75 bits per heavy atom. The van der Waals surface area contributed by atoms with Gasteiger partial charge in [-0.2, -0.15) is 0 Å². The van der Waals surface area contributed by atoms with E-state index in [2.05, 4.69) is 0 Å². The van der Waals surface area contributed by atoms with Crippen LogP contribution in [0.1, 0.15) is 13.8 Å². The van der Waals surface area contributed by atoms with Gasteiger partial charge in [-0.1, -0.05) is 6.08 Å². The van der Waals surface area contributed by atoms with E-state index < -0.39 is 0 Å². The smallest absolute Gasteiger partial charge is 0.183 e. The summed E-state index contributed by atoms with van der Waals surface area (Å²) in [6.07, 6.45) is 3.62. The SMILES string of the molecule is C/C=C/C(=S)OCC. The summed E-state index contributed by atoms with van der Waals surface area (Å²) in [6, 6.07) is 0. The molecule has 0 fully saturated rings. The first-order chi connectivity index (χ1) is 3.81. The molecular weight excluding hydrogens is 120 g/mol. The summed E-state index contributed by atoms with van der Waals surface area (Å²) in [6.45, 7) is 4.48. The Balaban J connectivity index is 3.33. The highest BCUT2D eigenvalue weighted by atomic mass is 32.1. The van der Waals surface area contributed by atoms with Gasteiger partial charge in [0.25, 0.3) is 0 Å². The summed E-state index contributed by atoms with van der Waals surface area (Å²) < 4.78 is 4.93. The van der Waals surface area contributed by atoms with E-state index in [1.54, 1.807) is 6.08 Å². The second-order valence-corrected chi connectivity index (χ2v) is 1.65. The monoisotopic (exact) mass is 130 g/mol. The zero-order valence-electron chi connectivity index (χ0n) is 5.18. The Morgan fingerprint density at radius 2 is 2.38 bits per heavy atom. The summed E-state index contributed by atoms with van der Waals surface area (Å²) in [4.78, 5) is 0. The van der Waals surface area contributed by atoms with Crippen LogP contribution < -0.4 is 0 Å². The summed E-state index contributed by atoms with van der Waals surface area (Å²) in [5, 5.41) is 0.565. The van der Waals surface area contributed by atoms with Crippen LogP contribution in [0.25, 0.3) is 0 Å². The van der Waals surface area contributed by atoms with Crippen molar-refractivity contribution in [2.45, 2.75) is 13.8 Å². The molecule has 0 spiro atoms. The Bertz CT molecular complexity index is 96.7. The van der Waals surface area contributed by atoms with Gasteiger partial charge in [0.15, 0.2) is 5.05 Å². The van der Waals surface area contributed by atoms with E-state index in [4.69, 9.17) is 17.0 Å². The zero-order chi connectivity index (χ0) is 6.41. The molecule has 0 aromatic carbocycles. The maximum absolute atomic E-state index is 4.93. The quantitative estimate of drug-likeness (QED) is 0.417. The van der Waals surface area contributed by atoms with E-state index in [0.29, 0.717) is 11.7 Å². The number of hydrogen-bond acceptors (Lipinski definition) is 2. The van der Waals surface area contributed by atoms with Crippen molar-refractivity contribution in [3.05, 3.63) is 12.2 Å². The van der Waals surface area contributed by atoms with Gasteiger partial charge in [0.2, 0.25) is 0 Å². The molecule has 46 valence electrons. The fourth-order valence-corrected chi connectivity index (χ4v) is 0.580. The Morgan fingerprint density at radius 3 is 2.75 bits per heavy atom. The molecule has 0 bridgehead atoms. The topological polar surface area (TPSA) is 9.23 Å². The number of allylic oxidation sites excluding steroid dienone is 1. The normalized spacial score (nSPS) is 9.75. The van der Waals surface area contributed by atoms with E-state index in [9.17, 15) is 0 Å². The molecule has 0 aliphatic carbocycles. The Labute approximate surface area is 55.3 Å². The van der Waals surface area contributed by atoms with Gasteiger partial charge in [-0.25, -0.2) is 0 Å². The summed E-state index contributed by atoms with van der Waals surface area (Å²) >= 11 is 4.74. The molecular formula is C6H10OS. The molecule has 0 aliphatic rings. The third-order valence-electron chi connectivity index (χ3n) is 0.589. The van der Waals surface area contributed by atoms with Crippen LogP contribution in [-0.2, 0) is 4.74 Å². The lowest BCUT2D eigenvalue weighted by Crippen LogP contribution is -1.95. The third kappa shape index (κ3) is 3.81. The second kappa shape index (κ2) is 4.78. The molecule has 0 saturated carbocycles. The zero-order valence-corrected chi connectivity index (χ0v) is 5.99. The van der Waals surface area contributed by atoms with Crippen LogP contribution in [-0.4, -0.2) is 11.7 Å². The van der Waals surface area contributed by atoms with Crippen LogP contribution in [0.2, 0.25) is 0 Å². The summed E-state index contributed by atoms with van der Waals surface area (Å²) in [5.74, 6) is 0. The minimum Gasteiger partial charge on any atom is -0.484 e. The number of thiocarbonyl (C=S) groups is 1. The maximum Gasteiger partial charge on any atom is 0.183 e. The fraction of sp³-hybridized carbons (Fsp3) is 0.500. The standard InChI is InChI=1S/C6H10OS/c1-3-5-6(8)7-4-2/h3,5H,4H2,1-2H3/b5-3+. The third-order valence-corrected chi connectivity index (χ3v) is 0.843. The van der Waals surface area contributed by atoms with Crippen molar-refractivity contribution in [2.24, 2.45) is 0 Å². The maximum atomic E-state index is 4.93. The van der Waals surface area contributed by atoms with Gasteiger partial charge in [-0.05, 0) is 32.1 Å². The lowest BCUT2D eigenvalue weighted by atomic mass is 10.5. The molecule has 0 atom stereocenters. The van der Waals surface area contributed by atoms with Crippen LogP contribution in [0.4, 0.5) is 0 Å². The van der Waals surface area contributed by atoms with Crippen LogP contribution in [0, 0.1) is 0 Å². The van der Waals surface area contributed by atoms with E-state index in [-0.39, 0.29) is 0 Å². The van der Waals surface area contributed by atoms with Crippen LogP contribution in [0.15, 0.2) is 12.2 Å². The van der Waals surface area contributed by atoms with Crippen LogP contribution >= 0.6 is 12.2 Å². The van der Waals surface area contributed by atoms with Gasteiger partial charge in [0, 0.05) is 0 Å². The van der Waals surface area contributed by atoms with Crippen LogP contribution in [0.5, 0.6) is 0 Å². The molecule has 0 N–H and O–H groups in total. The van der Waals surface area contributed by atoms with E-state index in [0.717, 1.165) is 0 Å². The minimum atomic E-state index is 0.565. The van der Waals surface area contributed by atoms with Crippen molar-refractivity contribution in [1.29, 1.82) is 0 Å². The van der Waals surface area contributed by atoms with Gasteiger partial charge < -0.3 is 4.74 Å². The minimum absolute atomic E-state index is 0.565. The summed E-state index contributed by atoms with van der Waals surface area (Å²) in [7, 11) is 0. The van der Waals surface area contributed by atoms with E-state index in [1.807, 2.05) is 19.9 Å². The number of rotatable bonds is 2. The molecule has 0 radical (unpaired) electrons. The molecule has 0 heterocycles. The molecule has 1 nitrogen and oxygen atoms in total. The molecule has 0 saturated heterocycles. The van der Waals surface area contributed by atoms with Crippen LogP contribution in [0.3, 0.4) is 0 Å². The number of ether oxygens (including phenoxy) is 1. The van der Waals surface area contributed by atoms with Gasteiger partial charge >= 0.3 is 0 Å². The van der Waals surface area contributed by atoms with Crippen molar-refractivity contribution in [3.8, 4) is 0 Å². The molecule has 8 heavy (non-hydrogen) atoms. The van der Waals surface area contributed by atoms with Gasteiger partial charge in [-0.3, -0.25) is 0 Å². The molecule has 0 aromatic heterocycles. The van der Waals surface area contributed by atoms with Gasteiger partial charge in [0.1, 0.15) is 0 Å². The molecule has 0 amide bonds. The molecule has 0 unspecified atom stereocenters. The Kier molecular flexibility index (Phi) is 4.56. The highest BCUT2D eigenvalue weighted by Gasteiger charge is 1.82. The van der Waals surface area contributed by atoms with Crippen molar-refractivity contribution < 1.29 is 4.74 Å². The van der Waals surface area contributed by atoms with E-state index in [1.165, 1.54) is 0 Å². The second-order valence-electron chi connectivity index (χ2n) is 1.25. The molecule has 0 aromatic rings. The van der Waals surface area contributed by atoms with E-state index >= 15 is 0 Å². The predicted octanol–water partition coefficient (Wildman–Crippen LogP) is 1.93. The highest BCUT2D eigenvalue weighted by molar-refractivity contribution is 7.80. The average molecular weight is 130 g/mol. The largest absolute Gasteiger partial charge is 0.484 e. The molecule has 2 heteroatoms. The van der Waals surface area contributed by atoms with Gasteiger partial charge in [-0.15, -0.1) is 0 Å². The fourth-order valence-electron chi connectivity index (χ4n) is 0.326. The van der Waals surface area contributed by atoms with Crippen molar-refractivity contribution in [3.63, 3.8) is 0 Å². The number of hydrogen-bond donors (Lipinski definition) is 0. The lowest BCUT2D eigenvalue weighted by Gasteiger charge is -1.95. The first kappa shape index (κ1) is 7.63. The van der Waals surface area contributed by atoms with Gasteiger partial charge in [0.05, 0.1) is 6.61 Å². The summed E-state index contributed by atoms with van der Waals surface area (Å²) in [5.41, 5.74) is 0. The average Bonchev–Trinajstić information content (AvgIpc) is 1.68. The molecule has 0 aliphatic heterocycles. The first-order valence-electron chi connectivity index (χ1n) is 2.60. The first-order valence-corrected chi connectivity index (χ1v) is 3.01.